The molecule has 1 unspecified atom stereocenters. The first-order chi connectivity index (χ1) is 21.4. The topological polar surface area (TPSA) is 88.1 Å². The number of carboxylic acid groups (broad SMARTS) is 1. The van der Waals surface area contributed by atoms with Crippen LogP contribution in [-0.2, 0) is 19.1 Å². The number of nitrogens with zero attached hydrogens (tertiary/aromatic N) is 1. The normalized spacial score (nSPS) is 17.2. The van der Waals surface area contributed by atoms with E-state index in [0.29, 0.717) is 35.0 Å². The van der Waals surface area contributed by atoms with Crippen molar-refractivity contribution in [2.24, 2.45) is 0 Å². The summed E-state index contributed by atoms with van der Waals surface area (Å²) in [5, 5.41) is 14.1. The van der Waals surface area contributed by atoms with Gasteiger partial charge in [0, 0.05) is 23.2 Å². The summed E-state index contributed by atoms with van der Waals surface area (Å²) in [6, 6.07) is 27.2. The van der Waals surface area contributed by atoms with Crippen LogP contribution in [0.3, 0.4) is 0 Å². The third-order valence-electron chi connectivity index (χ3n) is 8.32. The van der Waals surface area contributed by atoms with Crippen LogP contribution in [0, 0.1) is 0 Å². The summed E-state index contributed by atoms with van der Waals surface area (Å²) >= 11 is 6.35. The maximum atomic E-state index is 13.8. The number of esters is 1. The maximum Gasteiger partial charge on any atom is 0.336 e. The highest BCUT2D eigenvalue weighted by Crippen LogP contribution is 2.40. The van der Waals surface area contributed by atoms with E-state index in [2.05, 4.69) is 34.5 Å². The van der Waals surface area contributed by atoms with Gasteiger partial charge in [0.15, 0.2) is 0 Å². The Bertz CT molecular complexity index is 1460. The lowest BCUT2D eigenvalue weighted by atomic mass is 9.80. The smallest absolute Gasteiger partial charge is 0.336 e. The Balaban J connectivity index is 1.36. The zero-order valence-electron chi connectivity index (χ0n) is 25.0. The molecule has 2 aliphatic heterocycles. The summed E-state index contributed by atoms with van der Waals surface area (Å²) in [5.74, 6) is -2.54. The van der Waals surface area contributed by atoms with Crippen LogP contribution in [0.1, 0.15) is 54.7 Å². The minimum absolute atomic E-state index is 0.0345. The van der Waals surface area contributed by atoms with Crippen LogP contribution in [0.5, 0.6) is 0 Å². The van der Waals surface area contributed by atoms with Gasteiger partial charge >= 0.3 is 11.9 Å². The second kappa shape index (κ2) is 15.2. The van der Waals surface area contributed by atoms with Crippen molar-refractivity contribution in [3.05, 3.63) is 129 Å². The average Bonchev–Trinajstić information content (AvgIpc) is 3.55. The number of benzene rings is 3. The lowest BCUT2D eigenvalue weighted by Crippen LogP contribution is -2.34. The number of ether oxygens (including phenoxy) is 2. The van der Waals surface area contributed by atoms with Gasteiger partial charge in [0.05, 0.1) is 42.6 Å². The minimum Gasteiger partial charge on any atom is -0.478 e. The number of carbonyl (C=O) groups is 2. The van der Waals surface area contributed by atoms with Crippen LogP contribution in [0.15, 0.2) is 107 Å². The van der Waals surface area contributed by atoms with Gasteiger partial charge in [0.2, 0.25) is 0 Å². The van der Waals surface area contributed by atoms with E-state index in [4.69, 9.17) is 21.1 Å². The number of likely N-dealkylation sites (tertiary alicyclic amines) is 1. The lowest BCUT2D eigenvalue weighted by Gasteiger charge is -2.31. The fourth-order valence-corrected chi connectivity index (χ4v) is 6.37. The zero-order valence-corrected chi connectivity index (χ0v) is 25.8. The Kier molecular flexibility index (Phi) is 10.9. The number of halogens is 1. The number of nitrogens with one attached hydrogen (secondary N) is 1. The van der Waals surface area contributed by atoms with Gasteiger partial charge in [-0.2, -0.15) is 0 Å². The predicted molar refractivity (Wildman–Crippen MR) is 171 cm³/mol. The molecule has 0 saturated carbocycles. The number of carboxylic acids is 1. The molecule has 0 radical (unpaired) electrons. The van der Waals surface area contributed by atoms with Gasteiger partial charge in [-0.1, -0.05) is 84.4 Å². The Hall–Kier alpha value is -3.91. The van der Waals surface area contributed by atoms with Crippen LogP contribution in [-0.4, -0.2) is 61.4 Å². The molecule has 1 saturated heterocycles. The molecule has 0 aliphatic carbocycles. The summed E-state index contributed by atoms with van der Waals surface area (Å²) in [7, 11) is 0. The molecule has 3 aromatic rings. The van der Waals surface area contributed by atoms with Crippen molar-refractivity contribution >= 4 is 23.5 Å². The van der Waals surface area contributed by atoms with Crippen molar-refractivity contribution < 1.29 is 24.2 Å². The molecular formula is C36H39ClN2O5. The van der Waals surface area contributed by atoms with Gasteiger partial charge in [-0.05, 0) is 68.1 Å². The number of aliphatic carboxylic acids is 1. The summed E-state index contributed by atoms with van der Waals surface area (Å²) in [5.41, 5.74) is 4.12. The van der Waals surface area contributed by atoms with E-state index in [0.717, 1.165) is 30.8 Å². The van der Waals surface area contributed by atoms with Gasteiger partial charge in [-0.15, -0.1) is 0 Å². The van der Waals surface area contributed by atoms with Crippen molar-refractivity contribution in [3.8, 4) is 0 Å². The average molecular weight is 615 g/mol. The number of carbonyl (C=O) groups excluding carboxylic acids is 1. The van der Waals surface area contributed by atoms with Crippen LogP contribution in [0.25, 0.3) is 0 Å². The van der Waals surface area contributed by atoms with Crippen LogP contribution < -0.4 is 5.32 Å². The molecule has 0 spiro atoms. The van der Waals surface area contributed by atoms with E-state index in [-0.39, 0.29) is 30.3 Å². The molecule has 230 valence electrons. The molecule has 2 N–H and O–H groups in total. The molecule has 0 aromatic heterocycles. The molecule has 0 amide bonds. The predicted octanol–water partition coefficient (Wildman–Crippen LogP) is 6.52. The van der Waals surface area contributed by atoms with Gasteiger partial charge in [-0.3, -0.25) is 0 Å². The molecule has 7 nitrogen and oxygen atoms in total. The highest BCUT2D eigenvalue weighted by molar-refractivity contribution is 6.30. The first-order valence-corrected chi connectivity index (χ1v) is 15.6. The fourth-order valence-electron chi connectivity index (χ4n) is 6.17. The van der Waals surface area contributed by atoms with Gasteiger partial charge < -0.3 is 24.8 Å². The molecule has 44 heavy (non-hydrogen) atoms. The summed E-state index contributed by atoms with van der Waals surface area (Å²) in [6.45, 7) is 5.42. The van der Waals surface area contributed by atoms with Crippen LogP contribution in [0.2, 0.25) is 5.02 Å². The highest BCUT2D eigenvalue weighted by atomic mass is 35.5. The summed E-state index contributed by atoms with van der Waals surface area (Å²) < 4.78 is 11.9. The van der Waals surface area contributed by atoms with Crippen molar-refractivity contribution in [3.63, 3.8) is 0 Å². The molecule has 8 heteroatoms. The monoisotopic (exact) mass is 614 g/mol. The Morgan fingerprint density at radius 1 is 0.932 bits per heavy atom. The second-order valence-electron chi connectivity index (χ2n) is 11.2. The van der Waals surface area contributed by atoms with E-state index in [9.17, 15) is 14.7 Å². The second-order valence-corrected chi connectivity index (χ2v) is 11.7. The van der Waals surface area contributed by atoms with E-state index in [1.807, 2.05) is 36.4 Å². The number of allylic oxidation sites excluding steroid dienone is 1. The maximum absolute atomic E-state index is 13.8. The van der Waals surface area contributed by atoms with Gasteiger partial charge in [0.1, 0.15) is 0 Å². The lowest BCUT2D eigenvalue weighted by molar-refractivity contribution is -0.139. The minimum atomic E-state index is -1.13. The zero-order chi connectivity index (χ0) is 30.9. The first kappa shape index (κ1) is 31.5. The Morgan fingerprint density at radius 2 is 1.59 bits per heavy atom. The Labute approximate surface area is 264 Å². The molecule has 3 aromatic carbocycles. The van der Waals surface area contributed by atoms with Gasteiger partial charge in [-0.25, -0.2) is 9.59 Å². The standard InChI is InChI=1S/C36H39ClN2O5/c1-25-32(36(42)44-21-17-30(26-11-4-2-5-12-26)27-13-6-3-7-14-27)33(28-15-10-16-29(37)23-28)34(35(40)41)31(38-25)24-43-22-20-39-18-8-9-19-39/h2-7,10-16,23,30,33,38H,8-9,17-22,24H2,1H3,(H,40,41). The molecule has 0 bridgehead atoms. The van der Waals surface area contributed by atoms with Crippen LogP contribution >= 0.6 is 11.6 Å². The number of dihydropyridines is 1. The quantitative estimate of drug-likeness (QED) is 0.167. The molecule has 5 rings (SSSR count). The first-order valence-electron chi connectivity index (χ1n) is 15.2. The number of hydrogen-bond donors (Lipinski definition) is 2. The van der Waals surface area contributed by atoms with Crippen molar-refractivity contribution in [2.75, 3.05) is 39.5 Å². The summed E-state index contributed by atoms with van der Waals surface area (Å²) in [6.07, 6.45) is 2.96. The third kappa shape index (κ3) is 7.78. The fraction of sp³-hybridized carbons (Fsp3) is 0.333. The van der Waals surface area contributed by atoms with E-state index in [1.54, 1.807) is 31.2 Å². The molecular weight excluding hydrogens is 576 g/mol. The molecule has 2 heterocycles. The SMILES string of the molecule is CC1=C(C(=O)OCCC(c2ccccc2)c2ccccc2)C(c2cccc(Cl)c2)C(C(=O)O)=C(COCCN2CCCC2)N1. The van der Waals surface area contributed by atoms with E-state index >= 15 is 0 Å². The summed E-state index contributed by atoms with van der Waals surface area (Å²) in [4.78, 5) is 28.9. The number of rotatable bonds is 13. The van der Waals surface area contributed by atoms with Crippen LogP contribution in [0.4, 0.5) is 0 Å². The van der Waals surface area contributed by atoms with Gasteiger partial charge in [0.25, 0.3) is 0 Å². The van der Waals surface area contributed by atoms with E-state index < -0.39 is 17.9 Å². The molecule has 2 aliphatic rings. The van der Waals surface area contributed by atoms with Crippen molar-refractivity contribution in [2.45, 2.75) is 38.0 Å². The Morgan fingerprint density at radius 3 is 2.20 bits per heavy atom. The largest absolute Gasteiger partial charge is 0.478 e. The molecule has 1 fully saturated rings. The number of hydrogen-bond acceptors (Lipinski definition) is 6. The van der Waals surface area contributed by atoms with E-state index in [1.165, 1.54) is 12.8 Å². The highest BCUT2D eigenvalue weighted by Gasteiger charge is 2.38. The van der Waals surface area contributed by atoms with Crippen molar-refractivity contribution in [1.82, 2.24) is 10.2 Å². The third-order valence-corrected chi connectivity index (χ3v) is 8.55. The van der Waals surface area contributed by atoms with Crippen molar-refractivity contribution in [1.29, 1.82) is 0 Å². The molecule has 1 atom stereocenters.